The summed E-state index contributed by atoms with van der Waals surface area (Å²) in [5.41, 5.74) is 2.14. The van der Waals surface area contributed by atoms with Gasteiger partial charge in [0.1, 0.15) is 5.75 Å². The van der Waals surface area contributed by atoms with Gasteiger partial charge in [-0.1, -0.05) is 23.7 Å². The molecule has 8 heteroatoms. The Morgan fingerprint density at radius 3 is 2.66 bits per heavy atom. The van der Waals surface area contributed by atoms with E-state index in [4.69, 9.17) is 16.3 Å². The molecule has 0 spiro atoms. The van der Waals surface area contributed by atoms with Crippen molar-refractivity contribution in [3.63, 3.8) is 0 Å². The van der Waals surface area contributed by atoms with Crippen molar-refractivity contribution in [3.8, 4) is 5.75 Å². The van der Waals surface area contributed by atoms with E-state index in [0.29, 0.717) is 46.3 Å². The fourth-order valence-electron chi connectivity index (χ4n) is 3.49. The van der Waals surface area contributed by atoms with Gasteiger partial charge in [-0.15, -0.1) is 0 Å². The third kappa shape index (κ3) is 4.74. The number of piperidine rings is 1. The van der Waals surface area contributed by atoms with Gasteiger partial charge in [0.25, 0.3) is 0 Å². The first-order valence-corrected chi connectivity index (χ1v) is 11.3. The summed E-state index contributed by atoms with van der Waals surface area (Å²) >= 11 is 6.11. The Hall–Kier alpha value is -2.09. The molecule has 6 nitrogen and oxygen atoms in total. The van der Waals surface area contributed by atoms with Gasteiger partial charge < -0.3 is 10.1 Å². The Kier molecular flexibility index (Phi) is 6.51. The maximum absolute atomic E-state index is 13.2. The molecule has 2 aromatic carbocycles. The van der Waals surface area contributed by atoms with Gasteiger partial charge in [-0.2, -0.15) is 4.31 Å². The number of amides is 1. The van der Waals surface area contributed by atoms with Crippen molar-refractivity contribution in [1.29, 1.82) is 0 Å². The molecule has 0 saturated carbocycles. The lowest BCUT2D eigenvalue weighted by Crippen LogP contribution is -2.43. The van der Waals surface area contributed by atoms with Crippen molar-refractivity contribution in [2.75, 3.05) is 25.5 Å². The quantitative estimate of drug-likeness (QED) is 0.768. The number of anilines is 1. The second kappa shape index (κ2) is 8.73. The Morgan fingerprint density at radius 1 is 1.21 bits per heavy atom. The van der Waals surface area contributed by atoms with Crippen molar-refractivity contribution < 1.29 is 17.9 Å². The molecule has 156 valence electrons. The summed E-state index contributed by atoms with van der Waals surface area (Å²) in [7, 11) is -2.13. The molecule has 2 aromatic rings. The highest BCUT2D eigenvalue weighted by molar-refractivity contribution is 7.89. The number of nitrogens with one attached hydrogen (secondary N) is 1. The number of rotatable bonds is 5. The zero-order valence-corrected chi connectivity index (χ0v) is 18.3. The second-order valence-electron chi connectivity index (χ2n) is 7.31. The first kappa shape index (κ1) is 21.6. The molecule has 1 heterocycles. The number of nitrogens with zero attached hydrogens (tertiary/aromatic N) is 1. The zero-order valence-electron chi connectivity index (χ0n) is 16.7. The zero-order chi connectivity index (χ0) is 21.2. The van der Waals surface area contributed by atoms with E-state index in [2.05, 4.69) is 5.32 Å². The van der Waals surface area contributed by atoms with Gasteiger partial charge in [0.05, 0.1) is 22.9 Å². The van der Waals surface area contributed by atoms with Gasteiger partial charge in [-0.05, 0) is 62.1 Å². The summed E-state index contributed by atoms with van der Waals surface area (Å²) in [6.07, 6.45) is 1.26. The number of carbonyl (C=O) groups is 1. The van der Waals surface area contributed by atoms with Crippen LogP contribution in [0.4, 0.5) is 5.69 Å². The lowest BCUT2D eigenvalue weighted by Gasteiger charge is -2.31. The Balaban J connectivity index is 1.75. The number of aryl methyl sites for hydroxylation is 2. The molecule has 0 unspecified atom stereocenters. The highest BCUT2D eigenvalue weighted by Gasteiger charge is 2.34. The highest BCUT2D eigenvalue weighted by Crippen LogP contribution is 2.29. The van der Waals surface area contributed by atoms with Crippen LogP contribution >= 0.6 is 11.6 Å². The minimum atomic E-state index is -3.65. The van der Waals surface area contributed by atoms with E-state index in [1.165, 1.54) is 11.4 Å². The summed E-state index contributed by atoms with van der Waals surface area (Å²) in [6.45, 7) is 4.22. The summed E-state index contributed by atoms with van der Waals surface area (Å²) in [4.78, 5) is 13.1. The van der Waals surface area contributed by atoms with Crippen LogP contribution in [-0.4, -0.2) is 38.8 Å². The molecule has 1 aliphatic heterocycles. The monoisotopic (exact) mass is 436 g/mol. The van der Waals surface area contributed by atoms with Crippen molar-refractivity contribution in [2.45, 2.75) is 31.6 Å². The first-order chi connectivity index (χ1) is 13.7. The summed E-state index contributed by atoms with van der Waals surface area (Å²) in [5, 5.41) is 3.23. The number of halogens is 1. The largest absolute Gasteiger partial charge is 0.495 e. The Morgan fingerprint density at radius 2 is 1.97 bits per heavy atom. The lowest BCUT2D eigenvalue weighted by atomic mass is 9.98. The summed E-state index contributed by atoms with van der Waals surface area (Å²) in [6, 6.07) is 10.4. The Labute approximate surface area is 176 Å². The summed E-state index contributed by atoms with van der Waals surface area (Å²) in [5.74, 6) is -0.121. The van der Waals surface area contributed by atoms with Crippen molar-refractivity contribution in [1.82, 2.24) is 4.31 Å². The molecule has 0 aliphatic carbocycles. The number of methoxy groups -OCH3 is 1. The second-order valence-corrected chi connectivity index (χ2v) is 9.62. The normalized spacial score (nSPS) is 17.7. The van der Waals surface area contributed by atoms with E-state index in [1.54, 1.807) is 31.2 Å². The maximum Gasteiger partial charge on any atom is 0.243 e. The van der Waals surface area contributed by atoms with Crippen LogP contribution in [-0.2, 0) is 14.8 Å². The maximum atomic E-state index is 13.2. The summed E-state index contributed by atoms with van der Waals surface area (Å²) < 4.78 is 32.9. The molecule has 1 fully saturated rings. The number of hydrogen-bond donors (Lipinski definition) is 1. The number of benzene rings is 2. The van der Waals surface area contributed by atoms with Gasteiger partial charge in [0.15, 0.2) is 0 Å². The average Bonchev–Trinajstić information content (AvgIpc) is 2.70. The van der Waals surface area contributed by atoms with Gasteiger partial charge in [-0.3, -0.25) is 4.79 Å². The van der Waals surface area contributed by atoms with Crippen LogP contribution in [0.3, 0.4) is 0 Å². The van der Waals surface area contributed by atoms with E-state index >= 15 is 0 Å². The molecule has 0 bridgehead atoms. The van der Waals surface area contributed by atoms with Crippen molar-refractivity contribution in [2.24, 2.45) is 5.92 Å². The van der Waals surface area contributed by atoms with Crippen LogP contribution in [0.2, 0.25) is 5.02 Å². The van der Waals surface area contributed by atoms with Gasteiger partial charge in [0, 0.05) is 18.8 Å². The molecule has 0 radical (unpaired) electrons. The molecule has 3 rings (SSSR count). The predicted octanol–water partition coefficient (Wildman–Crippen LogP) is 4.00. The molecular weight excluding hydrogens is 412 g/mol. The third-order valence-electron chi connectivity index (χ3n) is 5.14. The molecule has 1 saturated heterocycles. The van der Waals surface area contributed by atoms with Crippen LogP contribution in [0.25, 0.3) is 0 Å². The molecule has 29 heavy (non-hydrogen) atoms. The number of carbonyl (C=O) groups excluding carboxylic acids is 1. The molecule has 1 atom stereocenters. The lowest BCUT2D eigenvalue weighted by molar-refractivity contribution is -0.120. The van der Waals surface area contributed by atoms with Crippen LogP contribution < -0.4 is 10.1 Å². The molecule has 1 N–H and O–H groups in total. The topological polar surface area (TPSA) is 75.7 Å². The predicted molar refractivity (Wildman–Crippen MR) is 114 cm³/mol. The molecule has 1 amide bonds. The number of hydrogen-bond acceptors (Lipinski definition) is 4. The van der Waals surface area contributed by atoms with Crippen LogP contribution in [0, 0.1) is 19.8 Å². The Bertz CT molecular complexity index is 1020. The van der Waals surface area contributed by atoms with Crippen LogP contribution in [0.15, 0.2) is 41.3 Å². The van der Waals surface area contributed by atoms with E-state index in [9.17, 15) is 13.2 Å². The van der Waals surface area contributed by atoms with Crippen molar-refractivity contribution >= 4 is 33.2 Å². The minimum absolute atomic E-state index is 0.158. The van der Waals surface area contributed by atoms with Crippen molar-refractivity contribution in [3.05, 3.63) is 52.5 Å². The van der Waals surface area contributed by atoms with E-state index in [1.807, 2.05) is 19.1 Å². The molecule has 0 aromatic heterocycles. The smallest absolute Gasteiger partial charge is 0.243 e. The molecule has 1 aliphatic rings. The van der Waals surface area contributed by atoms with Crippen LogP contribution in [0.5, 0.6) is 5.75 Å². The van der Waals surface area contributed by atoms with Gasteiger partial charge >= 0.3 is 0 Å². The fraction of sp³-hybridized carbons (Fsp3) is 0.381. The van der Waals surface area contributed by atoms with E-state index in [-0.39, 0.29) is 12.5 Å². The molecular formula is C21H25ClN2O4S. The van der Waals surface area contributed by atoms with Gasteiger partial charge in [-0.25, -0.2) is 8.42 Å². The first-order valence-electron chi connectivity index (χ1n) is 9.44. The number of sulfonamides is 1. The third-order valence-corrected chi connectivity index (χ3v) is 7.44. The fourth-order valence-corrected chi connectivity index (χ4v) is 5.58. The standard InChI is InChI=1S/C21H25ClN2O4S/c1-14-6-7-15(2)20(11-14)29(26,27)24-10-4-5-16(13-24)21(25)23-17-8-9-19(28-3)18(22)12-17/h6-9,11-12,16H,4-5,10,13H2,1-3H3,(H,23,25)/t16-/m0/s1. The SMILES string of the molecule is COc1ccc(NC(=O)[C@H]2CCCN(S(=O)(=O)c3cc(C)ccc3C)C2)cc1Cl. The minimum Gasteiger partial charge on any atom is -0.495 e. The number of ether oxygens (including phenoxy) is 1. The van der Waals surface area contributed by atoms with Crippen LogP contribution in [0.1, 0.15) is 24.0 Å². The van der Waals surface area contributed by atoms with E-state index < -0.39 is 15.9 Å². The van der Waals surface area contributed by atoms with E-state index in [0.717, 1.165) is 5.56 Å². The van der Waals surface area contributed by atoms with Gasteiger partial charge in [0.2, 0.25) is 15.9 Å². The average molecular weight is 437 g/mol. The highest BCUT2D eigenvalue weighted by atomic mass is 35.5.